The van der Waals surface area contributed by atoms with Crippen LogP contribution in [0.4, 0.5) is 0 Å². The zero-order valence-electron chi connectivity index (χ0n) is 5.92. The molecule has 1 heterocycles. The van der Waals surface area contributed by atoms with E-state index < -0.39 is 31.2 Å². The first kappa shape index (κ1) is 8.89. The van der Waals surface area contributed by atoms with Gasteiger partial charge in [0.25, 0.3) is 0 Å². The molecule has 4 N–H and O–H groups in total. The molecular weight excluding hydrogens is 153 g/mol. The standard InChI is InChI=1S/C6H12O5/c7-2-4-6(10)3(8)1-5(9)11-4/h3-10H,1-2H2/t3-,4-,5?,6+/m1/s1/i5+1. The van der Waals surface area contributed by atoms with Crippen molar-refractivity contribution in [2.75, 3.05) is 6.61 Å². The first-order valence-electron chi connectivity index (χ1n) is 3.45. The Balaban J connectivity index is 2.51. The van der Waals surface area contributed by atoms with Gasteiger partial charge in [-0.05, 0) is 0 Å². The third kappa shape index (κ3) is 1.88. The Hall–Kier alpha value is -0.200. The van der Waals surface area contributed by atoms with Crippen LogP contribution in [0.3, 0.4) is 0 Å². The van der Waals surface area contributed by atoms with E-state index in [1.165, 1.54) is 0 Å². The molecule has 1 aliphatic heterocycles. The summed E-state index contributed by atoms with van der Waals surface area (Å²) in [6.45, 7) is -0.407. The fourth-order valence-corrected chi connectivity index (χ4v) is 1.08. The highest BCUT2D eigenvalue weighted by molar-refractivity contribution is 4.81. The van der Waals surface area contributed by atoms with Crippen molar-refractivity contribution in [3.63, 3.8) is 0 Å². The van der Waals surface area contributed by atoms with Gasteiger partial charge in [-0.15, -0.1) is 0 Å². The van der Waals surface area contributed by atoms with Gasteiger partial charge in [0.05, 0.1) is 12.7 Å². The molecule has 66 valence electrons. The molecule has 5 nitrogen and oxygen atoms in total. The van der Waals surface area contributed by atoms with E-state index in [-0.39, 0.29) is 6.42 Å². The maximum Gasteiger partial charge on any atom is 0.157 e. The zero-order chi connectivity index (χ0) is 8.43. The van der Waals surface area contributed by atoms with Crippen LogP contribution in [0.15, 0.2) is 0 Å². The fraction of sp³-hybridized carbons (Fsp3) is 1.00. The third-order valence-electron chi connectivity index (χ3n) is 1.73. The van der Waals surface area contributed by atoms with Crippen LogP contribution in [0.2, 0.25) is 0 Å². The number of hydrogen-bond acceptors (Lipinski definition) is 5. The summed E-state index contributed by atoms with van der Waals surface area (Å²) in [7, 11) is 0. The average Bonchev–Trinajstić information content (AvgIpc) is 1.96. The number of aliphatic hydroxyl groups excluding tert-OH is 4. The van der Waals surface area contributed by atoms with E-state index in [9.17, 15) is 0 Å². The molecule has 0 spiro atoms. The van der Waals surface area contributed by atoms with Gasteiger partial charge in [-0.2, -0.15) is 0 Å². The topological polar surface area (TPSA) is 90.2 Å². The second-order valence-electron chi connectivity index (χ2n) is 2.61. The summed E-state index contributed by atoms with van der Waals surface area (Å²) in [5, 5.41) is 35.6. The normalized spacial score (nSPS) is 45.8. The van der Waals surface area contributed by atoms with Crippen LogP contribution in [0.1, 0.15) is 6.42 Å². The van der Waals surface area contributed by atoms with Crippen molar-refractivity contribution >= 4 is 0 Å². The monoisotopic (exact) mass is 165 g/mol. The predicted molar refractivity (Wildman–Crippen MR) is 34.6 cm³/mol. The Morgan fingerprint density at radius 1 is 1.27 bits per heavy atom. The SMILES string of the molecule is OC[C@H]1O[13CH](O)C[C@@H](O)[C@@H]1O. The van der Waals surface area contributed by atoms with Crippen molar-refractivity contribution in [3.05, 3.63) is 0 Å². The minimum absolute atomic E-state index is 0.0162. The second kappa shape index (κ2) is 3.46. The van der Waals surface area contributed by atoms with Crippen molar-refractivity contribution in [1.82, 2.24) is 0 Å². The first-order valence-corrected chi connectivity index (χ1v) is 3.45. The van der Waals surface area contributed by atoms with Gasteiger partial charge in [0, 0.05) is 6.42 Å². The Bertz CT molecular complexity index is 128. The van der Waals surface area contributed by atoms with E-state index in [1.54, 1.807) is 0 Å². The highest BCUT2D eigenvalue weighted by Gasteiger charge is 2.35. The molecule has 0 radical (unpaired) electrons. The van der Waals surface area contributed by atoms with Crippen LogP contribution >= 0.6 is 0 Å². The lowest BCUT2D eigenvalue weighted by Gasteiger charge is -2.33. The van der Waals surface area contributed by atoms with Crippen LogP contribution in [0.5, 0.6) is 0 Å². The van der Waals surface area contributed by atoms with Gasteiger partial charge >= 0.3 is 0 Å². The van der Waals surface area contributed by atoms with Crippen molar-refractivity contribution in [3.8, 4) is 0 Å². The predicted octanol–water partition coefficient (Wildman–Crippen LogP) is -2.19. The molecule has 11 heavy (non-hydrogen) atoms. The quantitative estimate of drug-likeness (QED) is 0.331. The van der Waals surface area contributed by atoms with Gasteiger partial charge < -0.3 is 25.2 Å². The summed E-state index contributed by atoms with van der Waals surface area (Å²) in [5.74, 6) is 0. The lowest BCUT2D eigenvalue weighted by atomic mass is 10.1. The molecule has 0 saturated carbocycles. The number of rotatable bonds is 1. The minimum atomic E-state index is -1.11. The van der Waals surface area contributed by atoms with Gasteiger partial charge in [-0.25, -0.2) is 0 Å². The van der Waals surface area contributed by atoms with Gasteiger partial charge in [0.2, 0.25) is 0 Å². The molecule has 1 rings (SSSR count). The molecule has 1 saturated heterocycles. The van der Waals surface area contributed by atoms with Gasteiger partial charge in [-0.1, -0.05) is 0 Å². The molecule has 1 unspecified atom stereocenters. The second-order valence-corrected chi connectivity index (χ2v) is 2.61. The Labute approximate surface area is 63.8 Å². The van der Waals surface area contributed by atoms with Crippen LogP contribution in [0, 0.1) is 0 Å². The van der Waals surface area contributed by atoms with Crippen molar-refractivity contribution in [2.24, 2.45) is 0 Å². The van der Waals surface area contributed by atoms with Crippen LogP contribution in [0.25, 0.3) is 0 Å². The van der Waals surface area contributed by atoms with Gasteiger partial charge in [0.15, 0.2) is 6.29 Å². The van der Waals surface area contributed by atoms with Crippen LogP contribution in [-0.4, -0.2) is 51.6 Å². The summed E-state index contributed by atoms with van der Waals surface area (Å²) in [6.07, 6.45) is -4.11. The summed E-state index contributed by atoms with van der Waals surface area (Å²) >= 11 is 0. The summed E-state index contributed by atoms with van der Waals surface area (Å²) in [4.78, 5) is 0. The Morgan fingerprint density at radius 3 is 2.45 bits per heavy atom. The van der Waals surface area contributed by atoms with Crippen LogP contribution < -0.4 is 0 Å². The largest absolute Gasteiger partial charge is 0.394 e. The molecule has 0 aromatic carbocycles. The van der Waals surface area contributed by atoms with Crippen LogP contribution in [-0.2, 0) is 4.74 Å². The van der Waals surface area contributed by atoms with Gasteiger partial charge in [0.1, 0.15) is 12.2 Å². The molecule has 5 heteroatoms. The van der Waals surface area contributed by atoms with E-state index in [1.807, 2.05) is 0 Å². The minimum Gasteiger partial charge on any atom is -0.394 e. The number of ether oxygens (including phenoxy) is 1. The molecule has 4 atom stereocenters. The van der Waals surface area contributed by atoms with Crippen molar-refractivity contribution in [2.45, 2.75) is 31.0 Å². The van der Waals surface area contributed by atoms with Gasteiger partial charge in [-0.3, -0.25) is 0 Å². The van der Waals surface area contributed by atoms with E-state index in [0.29, 0.717) is 0 Å². The van der Waals surface area contributed by atoms with Crippen molar-refractivity contribution < 1.29 is 25.2 Å². The average molecular weight is 165 g/mol. The third-order valence-corrected chi connectivity index (χ3v) is 1.73. The highest BCUT2D eigenvalue weighted by atomic mass is 16.7. The Kier molecular flexibility index (Phi) is 2.80. The molecule has 0 aromatic heterocycles. The van der Waals surface area contributed by atoms with Crippen molar-refractivity contribution in [1.29, 1.82) is 0 Å². The van der Waals surface area contributed by atoms with E-state index in [0.717, 1.165) is 0 Å². The van der Waals surface area contributed by atoms with E-state index in [4.69, 9.17) is 25.2 Å². The summed E-state index contributed by atoms with van der Waals surface area (Å²) in [6, 6.07) is 0. The molecule has 0 bridgehead atoms. The molecular formula is C6H12O5. The molecule has 0 aromatic rings. The fourth-order valence-electron chi connectivity index (χ4n) is 1.08. The molecule has 1 fully saturated rings. The Morgan fingerprint density at radius 2 is 1.91 bits per heavy atom. The lowest BCUT2D eigenvalue weighted by molar-refractivity contribution is -0.239. The smallest absolute Gasteiger partial charge is 0.157 e. The maximum absolute atomic E-state index is 9.11. The van der Waals surface area contributed by atoms with E-state index >= 15 is 0 Å². The first-order chi connectivity index (χ1) is 5.15. The molecule has 0 aliphatic carbocycles. The summed E-state index contributed by atoms with van der Waals surface area (Å²) in [5.41, 5.74) is 0. The molecule has 0 amide bonds. The molecule has 1 aliphatic rings. The number of aliphatic hydroxyl groups is 4. The lowest BCUT2D eigenvalue weighted by Crippen LogP contribution is -2.49. The highest BCUT2D eigenvalue weighted by Crippen LogP contribution is 2.18. The van der Waals surface area contributed by atoms with E-state index in [2.05, 4.69) is 0 Å². The zero-order valence-corrected chi connectivity index (χ0v) is 5.92. The summed E-state index contributed by atoms with van der Waals surface area (Å²) < 4.78 is 4.71. The number of hydrogen-bond donors (Lipinski definition) is 4. The maximum atomic E-state index is 9.11.